The molecule has 0 bridgehead atoms. The number of alkyl halides is 3. The molecule has 2 fully saturated rings. The van der Waals surface area contributed by atoms with Crippen LogP contribution in [0.5, 0.6) is 5.75 Å². The Balaban J connectivity index is 1.49. The molecule has 41 heavy (non-hydrogen) atoms. The Morgan fingerprint density at radius 1 is 1.12 bits per heavy atom. The standard InChI is InChI=1S/C27H32Cl2F3N7O2/c1-15-21(22-16(2)23(29)36-37(22)4)34-24(19-7-18(5-6-20(19)28)41-9-17(40)8-33-3)35-25(15)39-12-26(13-39)10-38(11-26)14-27(30,31)32/h5-7,17,33,40H,8-14H2,1-4H3. The van der Waals surface area contributed by atoms with Crippen LogP contribution in [0, 0.1) is 19.3 Å². The third kappa shape index (κ3) is 6.12. The second-order valence-electron chi connectivity index (χ2n) is 11.0. The van der Waals surface area contributed by atoms with Crippen molar-refractivity contribution in [1.29, 1.82) is 0 Å². The lowest BCUT2D eigenvalue weighted by Crippen LogP contribution is -2.73. The van der Waals surface area contributed by atoms with Crippen molar-refractivity contribution < 1.29 is 23.0 Å². The molecule has 1 aromatic carbocycles. The number of likely N-dealkylation sites (tertiary alicyclic amines) is 1. The van der Waals surface area contributed by atoms with Crippen molar-refractivity contribution in [3.63, 3.8) is 0 Å². The number of benzene rings is 1. The zero-order chi connectivity index (χ0) is 29.7. The number of aromatic nitrogens is 4. The van der Waals surface area contributed by atoms with E-state index in [1.165, 1.54) is 4.90 Å². The molecule has 1 spiro atoms. The molecule has 2 N–H and O–H groups in total. The first-order valence-corrected chi connectivity index (χ1v) is 13.9. The minimum absolute atomic E-state index is 0.0844. The summed E-state index contributed by atoms with van der Waals surface area (Å²) in [5, 5.41) is 18.1. The highest BCUT2D eigenvalue weighted by Gasteiger charge is 2.54. The number of hydrogen-bond donors (Lipinski definition) is 2. The van der Waals surface area contributed by atoms with Crippen LogP contribution in [0.2, 0.25) is 10.2 Å². The molecule has 2 aromatic heterocycles. The van der Waals surface area contributed by atoms with E-state index in [0.717, 1.165) is 16.8 Å². The molecule has 9 nitrogen and oxygen atoms in total. The van der Waals surface area contributed by atoms with Gasteiger partial charge in [0.05, 0.1) is 23.0 Å². The van der Waals surface area contributed by atoms with Crippen LogP contribution in [-0.4, -0.2) is 95.0 Å². The number of anilines is 1. The number of aliphatic hydroxyl groups excluding tert-OH is 1. The number of hydrogen-bond acceptors (Lipinski definition) is 8. The van der Waals surface area contributed by atoms with Gasteiger partial charge in [-0.25, -0.2) is 9.97 Å². The van der Waals surface area contributed by atoms with Crippen LogP contribution in [0.3, 0.4) is 0 Å². The molecule has 0 aliphatic carbocycles. The maximum Gasteiger partial charge on any atom is 0.401 e. The van der Waals surface area contributed by atoms with Crippen LogP contribution < -0.4 is 15.0 Å². The second kappa shape index (κ2) is 11.2. The van der Waals surface area contributed by atoms with Gasteiger partial charge >= 0.3 is 6.18 Å². The summed E-state index contributed by atoms with van der Waals surface area (Å²) in [6.45, 7) is 5.33. The Morgan fingerprint density at radius 2 is 1.83 bits per heavy atom. The van der Waals surface area contributed by atoms with Gasteiger partial charge in [0.2, 0.25) is 0 Å². The number of ether oxygens (including phenoxy) is 1. The summed E-state index contributed by atoms with van der Waals surface area (Å²) in [5.74, 6) is 1.53. The summed E-state index contributed by atoms with van der Waals surface area (Å²) >= 11 is 13.0. The van der Waals surface area contributed by atoms with Gasteiger partial charge in [0.15, 0.2) is 11.0 Å². The molecule has 0 radical (unpaired) electrons. The molecule has 2 aliphatic rings. The zero-order valence-corrected chi connectivity index (χ0v) is 24.7. The summed E-state index contributed by atoms with van der Waals surface area (Å²) in [6, 6.07) is 5.13. The maximum atomic E-state index is 12.8. The van der Waals surface area contributed by atoms with E-state index < -0.39 is 18.8 Å². The Kier molecular flexibility index (Phi) is 8.16. The van der Waals surface area contributed by atoms with Gasteiger partial charge in [0.25, 0.3) is 0 Å². The summed E-state index contributed by atoms with van der Waals surface area (Å²) < 4.78 is 46.0. The van der Waals surface area contributed by atoms with Crippen LogP contribution in [-0.2, 0) is 7.05 Å². The van der Waals surface area contributed by atoms with Crippen LogP contribution in [0.4, 0.5) is 19.0 Å². The van der Waals surface area contributed by atoms with Gasteiger partial charge in [0, 0.05) is 61.9 Å². The molecule has 1 atom stereocenters. The van der Waals surface area contributed by atoms with Gasteiger partial charge in [-0.3, -0.25) is 9.58 Å². The van der Waals surface area contributed by atoms with Gasteiger partial charge in [-0.15, -0.1) is 0 Å². The van der Waals surface area contributed by atoms with Crippen LogP contribution in [0.1, 0.15) is 11.1 Å². The van der Waals surface area contributed by atoms with Gasteiger partial charge < -0.3 is 20.1 Å². The number of likely N-dealkylation sites (N-methyl/N-ethyl adjacent to an activating group) is 1. The molecule has 14 heteroatoms. The first-order chi connectivity index (χ1) is 19.3. The number of halogens is 5. The molecular weight excluding hydrogens is 582 g/mol. The highest BCUT2D eigenvalue weighted by molar-refractivity contribution is 6.33. The third-order valence-corrected chi connectivity index (χ3v) is 8.19. The van der Waals surface area contributed by atoms with Gasteiger partial charge in [-0.05, 0) is 39.1 Å². The Hall–Kier alpha value is -2.64. The summed E-state index contributed by atoms with van der Waals surface area (Å²) in [5.41, 5.74) is 3.27. The van der Waals surface area contributed by atoms with Crippen molar-refractivity contribution in [3.05, 3.63) is 39.5 Å². The fraction of sp³-hybridized carbons (Fsp3) is 0.519. The van der Waals surface area contributed by atoms with E-state index in [-0.39, 0.29) is 12.0 Å². The normalized spacial score (nSPS) is 17.5. The minimum atomic E-state index is -4.21. The maximum absolute atomic E-state index is 12.8. The van der Waals surface area contributed by atoms with Crippen molar-refractivity contribution in [1.82, 2.24) is 30.0 Å². The SMILES string of the molecule is CNCC(O)COc1ccc(Cl)c(-c2nc(-c3c(C)c(Cl)nn3C)c(C)c(N3CC4(CN(CC(F)(F)F)C4)C3)n2)c1. The van der Waals surface area contributed by atoms with E-state index in [0.29, 0.717) is 71.5 Å². The number of nitrogens with zero attached hydrogens (tertiary/aromatic N) is 6. The average molecular weight is 615 g/mol. The van der Waals surface area contributed by atoms with Gasteiger partial charge in [-0.1, -0.05) is 23.2 Å². The Morgan fingerprint density at radius 3 is 2.44 bits per heavy atom. The molecule has 222 valence electrons. The van der Waals surface area contributed by atoms with E-state index in [9.17, 15) is 18.3 Å². The topological polar surface area (TPSA) is 91.6 Å². The first-order valence-electron chi connectivity index (χ1n) is 13.2. The van der Waals surface area contributed by atoms with Crippen molar-refractivity contribution in [2.45, 2.75) is 26.1 Å². The fourth-order valence-corrected chi connectivity index (χ4v) is 6.13. The smallest absolute Gasteiger partial charge is 0.401 e. The van der Waals surface area contributed by atoms with E-state index in [2.05, 4.69) is 15.3 Å². The molecule has 5 rings (SSSR count). The van der Waals surface area contributed by atoms with Crippen molar-refractivity contribution >= 4 is 29.0 Å². The largest absolute Gasteiger partial charge is 0.491 e. The average Bonchev–Trinajstić information content (AvgIpc) is 3.10. The van der Waals surface area contributed by atoms with E-state index >= 15 is 0 Å². The Bertz CT molecular complexity index is 1440. The van der Waals surface area contributed by atoms with Crippen molar-refractivity contribution in [2.24, 2.45) is 12.5 Å². The Labute approximate surface area is 246 Å². The lowest BCUT2D eigenvalue weighted by Gasteiger charge is -2.61. The van der Waals surface area contributed by atoms with E-state index in [1.807, 2.05) is 13.8 Å². The molecule has 2 saturated heterocycles. The lowest BCUT2D eigenvalue weighted by atomic mass is 9.72. The first kappa shape index (κ1) is 29.8. The monoisotopic (exact) mass is 613 g/mol. The van der Waals surface area contributed by atoms with Gasteiger partial charge in [-0.2, -0.15) is 18.3 Å². The summed E-state index contributed by atoms with van der Waals surface area (Å²) in [6.07, 6.45) is -4.90. The molecule has 0 saturated carbocycles. The van der Waals surface area contributed by atoms with Crippen molar-refractivity contribution in [2.75, 3.05) is 57.8 Å². The van der Waals surface area contributed by atoms with E-state index in [4.69, 9.17) is 37.9 Å². The van der Waals surface area contributed by atoms with Gasteiger partial charge in [0.1, 0.15) is 24.3 Å². The number of aryl methyl sites for hydroxylation is 1. The highest BCUT2D eigenvalue weighted by Crippen LogP contribution is 2.45. The summed E-state index contributed by atoms with van der Waals surface area (Å²) in [7, 11) is 3.53. The molecular formula is C27H32Cl2F3N7O2. The fourth-order valence-electron chi connectivity index (χ4n) is 5.73. The molecule has 2 aliphatic heterocycles. The third-order valence-electron chi connectivity index (χ3n) is 7.50. The van der Waals surface area contributed by atoms with Crippen molar-refractivity contribution in [3.8, 4) is 28.5 Å². The predicted molar refractivity (Wildman–Crippen MR) is 152 cm³/mol. The molecule has 1 unspecified atom stereocenters. The summed E-state index contributed by atoms with van der Waals surface area (Å²) in [4.78, 5) is 13.3. The number of rotatable bonds is 9. The number of nitrogens with one attached hydrogen (secondary N) is 1. The zero-order valence-electron chi connectivity index (χ0n) is 23.2. The molecule has 4 heterocycles. The van der Waals surface area contributed by atoms with Crippen LogP contribution in [0.15, 0.2) is 18.2 Å². The van der Waals surface area contributed by atoms with Crippen LogP contribution in [0.25, 0.3) is 22.8 Å². The van der Waals surface area contributed by atoms with E-state index in [1.54, 1.807) is 37.0 Å². The second-order valence-corrected chi connectivity index (χ2v) is 11.8. The van der Waals surface area contributed by atoms with Crippen LogP contribution >= 0.6 is 23.2 Å². The predicted octanol–water partition coefficient (Wildman–Crippen LogP) is 4.11. The quantitative estimate of drug-likeness (QED) is 0.373. The highest BCUT2D eigenvalue weighted by atomic mass is 35.5. The lowest BCUT2D eigenvalue weighted by molar-refractivity contribution is -0.172. The number of aliphatic hydroxyl groups is 1. The molecule has 3 aromatic rings. The molecule has 0 amide bonds. The minimum Gasteiger partial charge on any atom is -0.491 e.